The van der Waals surface area contributed by atoms with Gasteiger partial charge < -0.3 is 10.4 Å². The van der Waals surface area contributed by atoms with Gasteiger partial charge in [-0.15, -0.1) is 0 Å². The highest BCUT2D eigenvalue weighted by atomic mass is 19.1. The minimum Gasteiger partial charge on any atom is -0.481 e. The number of aliphatic carboxylic acids is 1. The first-order chi connectivity index (χ1) is 8.13. The van der Waals surface area contributed by atoms with Crippen LogP contribution >= 0.6 is 0 Å². The third-order valence-electron chi connectivity index (χ3n) is 2.12. The van der Waals surface area contributed by atoms with Crippen molar-refractivity contribution in [3.63, 3.8) is 0 Å². The van der Waals surface area contributed by atoms with Crippen molar-refractivity contribution < 1.29 is 14.3 Å². The topological polar surface area (TPSA) is 49.3 Å². The molecule has 0 atom stereocenters. The van der Waals surface area contributed by atoms with E-state index in [9.17, 15) is 9.18 Å². The minimum absolute atomic E-state index is 0.165. The van der Waals surface area contributed by atoms with E-state index in [2.05, 4.69) is 17.2 Å². The maximum absolute atomic E-state index is 13.3. The summed E-state index contributed by atoms with van der Waals surface area (Å²) in [5.74, 6) is 4.23. The molecule has 0 bridgehead atoms. The van der Waals surface area contributed by atoms with Gasteiger partial charge in [0.2, 0.25) is 0 Å². The minimum atomic E-state index is -1.05. The molecule has 0 unspecified atom stereocenters. The van der Waals surface area contributed by atoms with Crippen molar-refractivity contribution in [1.82, 2.24) is 5.32 Å². The van der Waals surface area contributed by atoms with Crippen LogP contribution in [0.3, 0.4) is 0 Å². The van der Waals surface area contributed by atoms with Crippen LogP contribution in [0.5, 0.6) is 0 Å². The van der Waals surface area contributed by atoms with Crippen molar-refractivity contribution in [3.8, 4) is 11.8 Å². The molecule has 0 aliphatic rings. The summed E-state index contributed by atoms with van der Waals surface area (Å²) < 4.78 is 13.3. The number of rotatable bonds is 4. The SMILES string of the molecule is CNCCC#Cc1ccc(F)c(CC(=O)O)c1. The third-order valence-corrected chi connectivity index (χ3v) is 2.12. The van der Waals surface area contributed by atoms with Gasteiger partial charge in [-0.25, -0.2) is 4.39 Å². The van der Waals surface area contributed by atoms with Gasteiger partial charge in [-0.05, 0) is 25.2 Å². The number of benzene rings is 1. The molecule has 0 aliphatic heterocycles. The van der Waals surface area contributed by atoms with E-state index in [1.165, 1.54) is 12.1 Å². The van der Waals surface area contributed by atoms with Crippen LogP contribution in [-0.2, 0) is 11.2 Å². The normalized spacial score (nSPS) is 9.53. The summed E-state index contributed by atoms with van der Waals surface area (Å²) in [4.78, 5) is 10.5. The highest BCUT2D eigenvalue weighted by molar-refractivity contribution is 5.70. The molecule has 4 heteroatoms. The Kier molecular flexibility index (Phi) is 5.18. The quantitative estimate of drug-likeness (QED) is 0.613. The van der Waals surface area contributed by atoms with E-state index in [4.69, 9.17) is 5.11 Å². The number of carboxylic acid groups (broad SMARTS) is 1. The molecule has 0 saturated carbocycles. The lowest BCUT2D eigenvalue weighted by Crippen LogP contribution is -2.06. The number of carboxylic acids is 1. The number of halogens is 1. The highest BCUT2D eigenvalue weighted by Crippen LogP contribution is 2.10. The van der Waals surface area contributed by atoms with E-state index in [-0.39, 0.29) is 12.0 Å². The molecule has 0 heterocycles. The van der Waals surface area contributed by atoms with Crippen molar-refractivity contribution in [3.05, 3.63) is 35.1 Å². The van der Waals surface area contributed by atoms with E-state index >= 15 is 0 Å². The van der Waals surface area contributed by atoms with Crippen LogP contribution in [0.2, 0.25) is 0 Å². The summed E-state index contributed by atoms with van der Waals surface area (Å²) in [5, 5.41) is 11.6. The average Bonchev–Trinajstić information content (AvgIpc) is 2.28. The second-order valence-corrected chi connectivity index (χ2v) is 3.53. The first-order valence-electron chi connectivity index (χ1n) is 5.27. The number of nitrogens with one attached hydrogen (secondary N) is 1. The summed E-state index contributed by atoms with van der Waals surface area (Å²) in [6.07, 6.45) is 0.375. The first kappa shape index (κ1) is 13.2. The lowest BCUT2D eigenvalue weighted by Gasteiger charge is -2.00. The summed E-state index contributed by atoms with van der Waals surface area (Å²) in [6.45, 7) is 0.788. The van der Waals surface area contributed by atoms with Gasteiger partial charge in [0.05, 0.1) is 6.42 Å². The summed E-state index contributed by atoms with van der Waals surface area (Å²) in [6, 6.07) is 4.28. The molecular formula is C13H14FNO2. The molecule has 1 rings (SSSR count). The molecule has 0 radical (unpaired) electrons. The van der Waals surface area contributed by atoms with Crippen LogP contribution in [0.25, 0.3) is 0 Å². The highest BCUT2D eigenvalue weighted by Gasteiger charge is 2.06. The Hall–Kier alpha value is -1.86. The van der Waals surface area contributed by atoms with E-state index < -0.39 is 11.8 Å². The van der Waals surface area contributed by atoms with Crippen molar-refractivity contribution in [2.24, 2.45) is 0 Å². The van der Waals surface area contributed by atoms with Crippen LogP contribution in [0.4, 0.5) is 4.39 Å². The Balaban J connectivity index is 2.79. The van der Waals surface area contributed by atoms with Gasteiger partial charge in [0.25, 0.3) is 0 Å². The fraction of sp³-hybridized carbons (Fsp3) is 0.308. The van der Waals surface area contributed by atoms with Gasteiger partial charge in [0, 0.05) is 24.1 Å². The molecule has 1 aromatic rings. The third kappa shape index (κ3) is 4.66. The van der Waals surface area contributed by atoms with E-state index in [1.807, 2.05) is 7.05 Å². The Morgan fingerprint density at radius 2 is 2.29 bits per heavy atom. The molecule has 0 saturated heterocycles. The van der Waals surface area contributed by atoms with Gasteiger partial charge in [0.1, 0.15) is 5.82 Å². The molecule has 0 fully saturated rings. The van der Waals surface area contributed by atoms with E-state index in [1.54, 1.807) is 6.07 Å². The zero-order valence-corrected chi connectivity index (χ0v) is 9.59. The smallest absolute Gasteiger partial charge is 0.307 e. The second-order valence-electron chi connectivity index (χ2n) is 3.53. The molecule has 0 amide bonds. The summed E-state index contributed by atoms with van der Waals surface area (Å²) in [5.41, 5.74) is 0.802. The molecule has 2 N–H and O–H groups in total. The van der Waals surface area contributed by atoms with Gasteiger partial charge in [0.15, 0.2) is 0 Å². The van der Waals surface area contributed by atoms with Gasteiger partial charge in [-0.3, -0.25) is 4.79 Å². The predicted molar refractivity (Wildman–Crippen MR) is 63.2 cm³/mol. The van der Waals surface area contributed by atoms with E-state index in [0.717, 1.165) is 6.54 Å². The zero-order chi connectivity index (χ0) is 12.7. The maximum atomic E-state index is 13.3. The predicted octanol–water partition coefficient (Wildman–Crippen LogP) is 1.41. The fourth-order valence-electron chi connectivity index (χ4n) is 1.30. The van der Waals surface area contributed by atoms with Crippen LogP contribution in [0, 0.1) is 17.7 Å². The Morgan fingerprint density at radius 3 is 2.94 bits per heavy atom. The molecule has 1 aromatic carbocycles. The van der Waals surface area contributed by atoms with Crippen LogP contribution in [0.15, 0.2) is 18.2 Å². The molecule has 90 valence electrons. The van der Waals surface area contributed by atoms with Gasteiger partial charge in [-0.1, -0.05) is 11.8 Å². The largest absolute Gasteiger partial charge is 0.481 e. The second kappa shape index (κ2) is 6.66. The Bertz CT molecular complexity index is 460. The molecule has 0 aliphatic carbocycles. The Labute approximate surface area is 99.7 Å². The van der Waals surface area contributed by atoms with Crippen LogP contribution < -0.4 is 5.32 Å². The summed E-state index contributed by atoms with van der Waals surface area (Å²) in [7, 11) is 1.84. The standard InChI is InChI=1S/C13H14FNO2/c1-15-7-3-2-4-10-5-6-12(14)11(8-10)9-13(16)17/h5-6,8,15H,3,7,9H2,1H3,(H,16,17). The molecule has 0 aromatic heterocycles. The Morgan fingerprint density at radius 1 is 1.53 bits per heavy atom. The number of hydrogen-bond acceptors (Lipinski definition) is 2. The van der Waals surface area contributed by atoms with Crippen LogP contribution in [0.1, 0.15) is 17.5 Å². The van der Waals surface area contributed by atoms with Crippen LogP contribution in [-0.4, -0.2) is 24.7 Å². The molecule has 3 nitrogen and oxygen atoms in total. The lowest BCUT2D eigenvalue weighted by atomic mass is 10.1. The molecular weight excluding hydrogens is 221 g/mol. The van der Waals surface area contributed by atoms with Crippen molar-refractivity contribution in [2.75, 3.05) is 13.6 Å². The lowest BCUT2D eigenvalue weighted by molar-refractivity contribution is -0.136. The summed E-state index contributed by atoms with van der Waals surface area (Å²) >= 11 is 0. The first-order valence-corrected chi connectivity index (χ1v) is 5.27. The van der Waals surface area contributed by atoms with E-state index in [0.29, 0.717) is 12.0 Å². The monoisotopic (exact) mass is 235 g/mol. The number of hydrogen-bond donors (Lipinski definition) is 2. The molecule has 17 heavy (non-hydrogen) atoms. The van der Waals surface area contributed by atoms with Gasteiger partial charge >= 0.3 is 5.97 Å². The molecule has 0 spiro atoms. The fourth-order valence-corrected chi connectivity index (χ4v) is 1.30. The number of carbonyl (C=O) groups is 1. The zero-order valence-electron chi connectivity index (χ0n) is 9.59. The maximum Gasteiger partial charge on any atom is 0.307 e. The van der Waals surface area contributed by atoms with Crippen molar-refractivity contribution in [2.45, 2.75) is 12.8 Å². The van der Waals surface area contributed by atoms with Crippen molar-refractivity contribution >= 4 is 5.97 Å². The van der Waals surface area contributed by atoms with Crippen molar-refractivity contribution in [1.29, 1.82) is 0 Å². The van der Waals surface area contributed by atoms with Gasteiger partial charge in [-0.2, -0.15) is 0 Å². The average molecular weight is 235 g/mol.